The fraction of sp³-hybridized carbons (Fsp3) is 0.333. The van der Waals surface area contributed by atoms with Crippen molar-refractivity contribution >= 4 is 69.7 Å². The SMILES string of the molecule is CC(C)Nc1cccc(COc2c(Cl)cc(CCC(=O)O)cc2Cl)c1.CCC(C)Nc1cccc(COc2c(Cl)cc(CCC(=O)O)cc2Cl)c1. The zero-order valence-electron chi connectivity index (χ0n) is 29.1. The number of benzene rings is 4. The van der Waals surface area contributed by atoms with Crippen molar-refractivity contribution in [2.75, 3.05) is 10.6 Å². The van der Waals surface area contributed by atoms with Crippen LogP contribution in [0.3, 0.4) is 0 Å². The second-order valence-corrected chi connectivity index (χ2v) is 13.9. The number of halogens is 4. The number of rotatable bonds is 17. The van der Waals surface area contributed by atoms with E-state index in [1.807, 2.05) is 48.5 Å². The number of nitrogens with one attached hydrogen (secondary N) is 2. The highest BCUT2D eigenvalue weighted by Crippen LogP contribution is 2.36. The van der Waals surface area contributed by atoms with Gasteiger partial charge in [0.25, 0.3) is 0 Å². The fourth-order valence-electron chi connectivity index (χ4n) is 4.82. The summed E-state index contributed by atoms with van der Waals surface area (Å²) < 4.78 is 11.6. The summed E-state index contributed by atoms with van der Waals surface area (Å²) in [7, 11) is 0. The average Bonchev–Trinajstić information content (AvgIpc) is 3.06. The summed E-state index contributed by atoms with van der Waals surface area (Å²) in [6.45, 7) is 9.10. The zero-order valence-corrected chi connectivity index (χ0v) is 32.1. The second-order valence-electron chi connectivity index (χ2n) is 12.3. The molecule has 0 aliphatic rings. The van der Waals surface area contributed by atoms with Crippen molar-refractivity contribution in [1.82, 2.24) is 0 Å². The van der Waals surface area contributed by atoms with E-state index in [0.29, 0.717) is 69.7 Å². The lowest BCUT2D eigenvalue weighted by atomic mass is 10.1. The molecular weight excluding hydrogens is 734 g/mol. The number of hydrogen-bond acceptors (Lipinski definition) is 6. The first-order valence-corrected chi connectivity index (χ1v) is 18.1. The van der Waals surface area contributed by atoms with Crippen molar-refractivity contribution in [2.24, 2.45) is 0 Å². The quantitative estimate of drug-likeness (QED) is 0.0837. The van der Waals surface area contributed by atoms with Gasteiger partial charge in [0, 0.05) is 36.3 Å². The highest BCUT2D eigenvalue weighted by Gasteiger charge is 2.13. The lowest BCUT2D eigenvalue weighted by molar-refractivity contribution is -0.138. The summed E-state index contributed by atoms with van der Waals surface area (Å²) in [6, 6.07) is 23.5. The van der Waals surface area contributed by atoms with E-state index in [1.165, 1.54) is 0 Å². The molecule has 0 bridgehead atoms. The van der Waals surface area contributed by atoms with E-state index in [4.69, 9.17) is 66.1 Å². The maximum absolute atomic E-state index is 10.7. The van der Waals surface area contributed by atoms with Gasteiger partial charge in [-0.25, -0.2) is 0 Å². The molecule has 274 valence electrons. The Morgan fingerprint density at radius 1 is 0.627 bits per heavy atom. The van der Waals surface area contributed by atoms with Crippen LogP contribution < -0.4 is 20.1 Å². The van der Waals surface area contributed by atoms with Crippen molar-refractivity contribution in [1.29, 1.82) is 0 Å². The molecule has 4 N–H and O–H groups in total. The molecule has 0 saturated heterocycles. The maximum Gasteiger partial charge on any atom is 0.303 e. The van der Waals surface area contributed by atoms with Crippen LogP contribution in [0.2, 0.25) is 20.1 Å². The van der Waals surface area contributed by atoms with E-state index in [0.717, 1.165) is 40.0 Å². The van der Waals surface area contributed by atoms with E-state index >= 15 is 0 Å². The molecule has 0 aliphatic carbocycles. The molecular formula is C39H44Cl4N2O6. The first-order valence-electron chi connectivity index (χ1n) is 16.6. The molecule has 4 aromatic rings. The van der Waals surface area contributed by atoms with Gasteiger partial charge in [-0.2, -0.15) is 0 Å². The van der Waals surface area contributed by atoms with E-state index in [1.54, 1.807) is 24.3 Å². The van der Waals surface area contributed by atoms with Gasteiger partial charge in [-0.3, -0.25) is 9.59 Å². The number of carbonyl (C=O) groups is 2. The van der Waals surface area contributed by atoms with E-state index in [-0.39, 0.29) is 12.8 Å². The lowest BCUT2D eigenvalue weighted by Gasteiger charge is -2.15. The monoisotopic (exact) mass is 776 g/mol. The second kappa shape index (κ2) is 20.9. The Bertz CT molecular complexity index is 1720. The van der Waals surface area contributed by atoms with Gasteiger partial charge >= 0.3 is 11.9 Å². The molecule has 0 saturated carbocycles. The Balaban J connectivity index is 0.000000276. The Hall–Kier alpha value is -3.82. The van der Waals surface area contributed by atoms with Crippen LogP contribution in [0.25, 0.3) is 0 Å². The average molecular weight is 779 g/mol. The summed E-state index contributed by atoms with van der Waals surface area (Å²) in [4.78, 5) is 21.4. The smallest absolute Gasteiger partial charge is 0.303 e. The highest BCUT2D eigenvalue weighted by molar-refractivity contribution is 6.37. The van der Waals surface area contributed by atoms with E-state index in [2.05, 4.69) is 38.3 Å². The number of aryl methyl sites for hydroxylation is 2. The van der Waals surface area contributed by atoms with Crippen LogP contribution in [0.15, 0.2) is 72.8 Å². The number of aliphatic carboxylic acids is 2. The molecule has 51 heavy (non-hydrogen) atoms. The predicted octanol–water partition coefficient (Wildman–Crippen LogP) is 11.2. The standard InChI is InChI=1S/C20H23Cl2NO3.C19H21Cl2NO3/c1-3-13(2)23-16-6-4-5-15(9-16)12-26-20-17(21)10-14(11-18(20)22)7-8-19(24)25;1-12(2)22-15-5-3-4-14(8-15)11-25-19-16(20)9-13(10-17(19)21)6-7-18(23)24/h4-6,9-11,13,23H,3,7-8,12H2,1-2H3,(H,24,25);3-5,8-10,12,22H,6-7,11H2,1-2H3,(H,23,24). The van der Waals surface area contributed by atoms with Gasteiger partial charge in [0.05, 0.1) is 20.1 Å². The molecule has 0 heterocycles. The maximum atomic E-state index is 10.7. The summed E-state index contributed by atoms with van der Waals surface area (Å²) in [5.74, 6) is -0.900. The van der Waals surface area contributed by atoms with Gasteiger partial charge in [-0.15, -0.1) is 0 Å². The van der Waals surface area contributed by atoms with Crippen LogP contribution in [-0.4, -0.2) is 34.2 Å². The number of carboxylic acid groups (broad SMARTS) is 2. The Kier molecular flexibility index (Phi) is 17.0. The third-order valence-corrected chi connectivity index (χ3v) is 8.60. The Labute approximate surface area is 320 Å². The minimum absolute atomic E-state index is 0.0303. The van der Waals surface area contributed by atoms with Gasteiger partial charge in [-0.05, 0) is 111 Å². The van der Waals surface area contributed by atoms with Crippen LogP contribution in [0.5, 0.6) is 11.5 Å². The van der Waals surface area contributed by atoms with Crippen LogP contribution in [0.4, 0.5) is 11.4 Å². The molecule has 1 atom stereocenters. The van der Waals surface area contributed by atoms with Crippen LogP contribution in [-0.2, 0) is 35.6 Å². The van der Waals surface area contributed by atoms with Crippen molar-refractivity contribution in [3.05, 3.63) is 115 Å². The Morgan fingerprint density at radius 3 is 1.37 bits per heavy atom. The van der Waals surface area contributed by atoms with Crippen LogP contribution >= 0.6 is 46.4 Å². The van der Waals surface area contributed by atoms with E-state index < -0.39 is 11.9 Å². The molecule has 4 aromatic carbocycles. The first-order chi connectivity index (χ1) is 24.2. The van der Waals surface area contributed by atoms with Gasteiger partial charge in [0.15, 0.2) is 11.5 Å². The van der Waals surface area contributed by atoms with Crippen molar-refractivity contribution in [2.45, 2.75) is 85.1 Å². The molecule has 0 aromatic heterocycles. The molecule has 0 fully saturated rings. The van der Waals surface area contributed by atoms with Gasteiger partial charge in [-0.1, -0.05) is 77.6 Å². The van der Waals surface area contributed by atoms with Gasteiger partial charge in [0.2, 0.25) is 0 Å². The minimum Gasteiger partial charge on any atom is -0.486 e. The third kappa shape index (κ3) is 14.7. The van der Waals surface area contributed by atoms with Crippen LogP contribution in [0.1, 0.15) is 69.2 Å². The highest BCUT2D eigenvalue weighted by atomic mass is 35.5. The van der Waals surface area contributed by atoms with Crippen molar-refractivity contribution in [3.8, 4) is 11.5 Å². The minimum atomic E-state index is -0.859. The molecule has 12 heteroatoms. The number of ether oxygens (including phenoxy) is 2. The first kappa shape index (κ1) is 41.6. The molecule has 0 spiro atoms. The van der Waals surface area contributed by atoms with Gasteiger partial charge < -0.3 is 30.3 Å². The zero-order chi connectivity index (χ0) is 37.5. The number of carboxylic acids is 2. The summed E-state index contributed by atoms with van der Waals surface area (Å²) >= 11 is 25.0. The molecule has 8 nitrogen and oxygen atoms in total. The largest absolute Gasteiger partial charge is 0.486 e. The van der Waals surface area contributed by atoms with Crippen molar-refractivity contribution in [3.63, 3.8) is 0 Å². The number of anilines is 2. The molecule has 1 unspecified atom stereocenters. The molecule has 0 amide bonds. The van der Waals surface area contributed by atoms with Crippen LogP contribution in [0, 0.1) is 0 Å². The van der Waals surface area contributed by atoms with E-state index in [9.17, 15) is 9.59 Å². The third-order valence-electron chi connectivity index (χ3n) is 7.47. The Morgan fingerprint density at radius 2 is 1.02 bits per heavy atom. The topological polar surface area (TPSA) is 117 Å². The molecule has 0 radical (unpaired) electrons. The molecule has 0 aliphatic heterocycles. The van der Waals surface area contributed by atoms with Gasteiger partial charge in [0.1, 0.15) is 13.2 Å². The lowest BCUT2D eigenvalue weighted by Crippen LogP contribution is -2.13. The normalized spacial score (nSPS) is 11.3. The summed E-state index contributed by atoms with van der Waals surface area (Å²) in [6.07, 6.45) is 1.85. The summed E-state index contributed by atoms with van der Waals surface area (Å²) in [5, 5.41) is 25.8. The number of hydrogen-bond donors (Lipinski definition) is 4. The summed E-state index contributed by atoms with van der Waals surface area (Å²) in [5.41, 5.74) is 5.61. The predicted molar refractivity (Wildman–Crippen MR) is 209 cm³/mol. The molecule has 4 rings (SSSR count). The fourth-order valence-corrected chi connectivity index (χ4v) is 6.11. The van der Waals surface area contributed by atoms with Crippen molar-refractivity contribution < 1.29 is 29.3 Å².